The lowest BCUT2D eigenvalue weighted by atomic mass is 10.1. The molecule has 116 valence electrons. The molecule has 0 aliphatic rings. The van der Waals surface area contributed by atoms with Gasteiger partial charge in [-0.3, -0.25) is 4.79 Å². The number of hydrogen-bond acceptors (Lipinski definition) is 4. The van der Waals surface area contributed by atoms with Gasteiger partial charge in [0, 0.05) is 5.56 Å². The maximum absolute atomic E-state index is 12.0. The Bertz CT molecular complexity index is 642. The van der Waals surface area contributed by atoms with Gasteiger partial charge >= 0.3 is 0 Å². The molecule has 1 amide bonds. The maximum atomic E-state index is 12.0. The average molecular weight is 301 g/mol. The fraction of sp³-hybridized carbons (Fsp3) is 0.235. The lowest BCUT2D eigenvalue weighted by Gasteiger charge is -2.17. The van der Waals surface area contributed by atoms with Crippen LogP contribution in [0.15, 0.2) is 48.5 Å². The standard InChI is InChI=1S/C17H19NO4/c1-12(13-7-3-5-9-15(13)21-2)18-17(20)11-22-16-10-6-4-8-14(16)19/h3-10,12,19H,11H2,1-2H3,(H,18,20). The largest absolute Gasteiger partial charge is 0.504 e. The summed E-state index contributed by atoms with van der Waals surface area (Å²) < 4.78 is 10.6. The molecule has 0 spiro atoms. The van der Waals surface area contributed by atoms with Gasteiger partial charge in [0.15, 0.2) is 18.1 Å². The summed E-state index contributed by atoms with van der Waals surface area (Å²) >= 11 is 0. The molecule has 5 nitrogen and oxygen atoms in total. The van der Waals surface area contributed by atoms with E-state index in [1.54, 1.807) is 25.3 Å². The Balaban J connectivity index is 1.93. The number of methoxy groups -OCH3 is 1. The first-order chi connectivity index (χ1) is 10.6. The smallest absolute Gasteiger partial charge is 0.258 e. The second-order valence-corrected chi connectivity index (χ2v) is 4.79. The average Bonchev–Trinajstić information content (AvgIpc) is 2.54. The highest BCUT2D eigenvalue weighted by Crippen LogP contribution is 2.25. The highest BCUT2D eigenvalue weighted by atomic mass is 16.5. The topological polar surface area (TPSA) is 67.8 Å². The third kappa shape index (κ3) is 3.91. The molecule has 0 fully saturated rings. The Labute approximate surface area is 129 Å². The van der Waals surface area contributed by atoms with Crippen LogP contribution in [0, 0.1) is 0 Å². The third-order valence-electron chi connectivity index (χ3n) is 3.21. The molecule has 0 saturated heterocycles. The van der Waals surface area contributed by atoms with Gasteiger partial charge in [-0.1, -0.05) is 30.3 Å². The van der Waals surface area contributed by atoms with Crippen LogP contribution >= 0.6 is 0 Å². The van der Waals surface area contributed by atoms with Gasteiger partial charge in [0.05, 0.1) is 13.2 Å². The lowest BCUT2D eigenvalue weighted by molar-refractivity contribution is -0.123. The summed E-state index contributed by atoms with van der Waals surface area (Å²) in [6.07, 6.45) is 0. The quantitative estimate of drug-likeness (QED) is 0.860. The van der Waals surface area contributed by atoms with Crippen LogP contribution in [0.1, 0.15) is 18.5 Å². The Morgan fingerprint density at radius 2 is 1.77 bits per heavy atom. The minimum atomic E-state index is -0.276. The number of aromatic hydroxyl groups is 1. The van der Waals surface area contributed by atoms with Crippen LogP contribution in [0.25, 0.3) is 0 Å². The highest BCUT2D eigenvalue weighted by Gasteiger charge is 2.14. The summed E-state index contributed by atoms with van der Waals surface area (Å²) in [6, 6.07) is 13.8. The van der Waals surface area contributed by atoms with Crippen molar-refractivity contribution in [3.8, 4) is 17.2 Å². The van der Waals surface area contributed by atoms with Crippen LogP contribution in [-0.2, 0) is 4.79 Å². The van der Waals surface area contributed by atoms with Gasteiger partial charge < -0.3 is 19.9 Å². The number of carbonyl (C=O) groups excluding carboxylic acids is 1. The van der Waals surface area contributed by atoms with Crippen LogP contribution in [-0.4, -0.2) is 24.7 Å². The molecule has 5 heteroatoms. The van der Waals surface area contributed by atoms with Crippen molar-refractivity contribution in [3.05, 3.63) is 54.1 Å². The van der Waals surface area contributed by atoms with Crippen LogP contribution in [0.4, 0.5) is 0 Å². The molecule has 0 radical (unpaired) electrons. The number of rotatable bonds is 6. The molecule has 1 unspecified atom stereocenters. The van der Waals surface area contributed by atoms with E-state index < -0.39 is 0 Å². The number of amides is 1. The second kappa shape index (κ2) is 7.36. The predicted octanol–water partition coefficient (Wildman–Crippen LogP) is 2.66. The number of hydrogen-bond donors (Lipinski definition) is 2. The molecular formula is C17H19NO4. The maximum Gasteiger partial charge on any atom is 0.258 e. The summed E-state index contributed by atoms with van der Waals surface area (Å²) in [7, 11) is 1.59. The SMILES string of the molecule is COc1ccccc1C(C)NC(=O)COc1ccccc1O. The summed E-state index contributed by atoms with van der Waals surface area (Å²) in [5.74, 6) is 0.731. The van der Waals surface area contributed by atoms with E-state index in [4.69, 9.17) is 9.47 Å². The normalized spacial score (nSPS) is 11.5. The molecule has 0 bridgehead atoms. The van der Waals surface area contributed by atoms with Crippen molar-refractivity contribution in [2.75, 3.05) is 13.7 Å². The van der Waals surface area contributed by atoms with Crippen molar-refractivity contribution in [2.45, 2.75) is 13.0 Å². The number of nitrogens with one attached hydrogen (secondary N) is 1. The van der Waals surface area contributed by atoms with Crippen LogP contribution in [0.3, 0.4) is 0 Å². The van der Waals surface area contributed by atoms with Crippen LogP contribution < -0.4 is 14.8 Å². The number of para-hydroxylation sites is 3. The lowest BCUT2D eigenvalue weighted by Crippen LogP contribution is -2.31. The van der Waals surface area contributed by atoms with Gasteiger partial charge in [0.25, 0.3) is 5.91 Å². The molecule has 22 heavy (non-hydrogen) atoms. The third-order valence-corrected chi connectivity index (χ3v) is 3.21. The van der Waals surface area contributed by atoms with Gasteiger partial charge in [-0.2, -0.15) is 0 Å². The number of benzene rings is 2. The number of ether oxygens (including phenoxy) is 2. The molecule has 0 aromatic heterocycles. The number of phenols is 1. The Kier molecular flexibility index (Phi) is 5.25. The number of phenolic OH excluding ortho intramolecular Hbond substituents is 1. The highest BCUT2D eigenvalue weighted by molar-refractivity contribution is 5.78. The van der Waals surface area contributed by atoms with Crippen molar-refractivity contribution in [3.63, 3.8) is 0 Å². The van der Waals surface area contributed by atoms with E-state index >= 15 is 0 Å². The van der Waals surface area contributed by atoms with Crippen LogP contribution in [0.2, 0.25) is 0 Å². The van der Waals surface area contributed by atoms with Gasteiger partial charge in [-0.05, 0) is 25.1 Å². The second-order valence-electron chi connectivity index (χ2n) is 4.79. The first kappa shape index (κ1) is 15.7. The summed E-state index contributed by atoms with van der Waals surface area (Å²) in [5, 5.41) is 12.4. The van der Waals surface area contributed by atoms with Crippen molar-refractivity contribution in [1.82, 2.24) is 5.32 Å². The van der Waals surface area contributed by atoms with E-state index in [0.29, 0.717) is 0 Å². The molecule has 1 atom stereocenters. The summed E-state index contributed by atoms with van der Waals surface area (Å²) in [4.78, 5) is 12.0. The molecule has 2 N–H and O–H groups in total. The van der Waals surface area contributed by atoms with E-state index in [1.165, 1.54) is 6.07 Å². The van der Waals surface area contributed by atoms with E-state index in [1.807, 2.05) is 31.2 Å². The van der Waals surface area contributed by atoms with Gasteiger partial charge in [0.1, 0.15) is 5.75 Å². The van der Waals surface area contributed by atoms with Gasteiger partial charge in [-0.15, -0.1) is 0 Å². The van der Waals surface area contributed by atoms with Crippen molar-refractivity contribution < 1.29 is 19.4 Å². The van der Waals surface area contributed by atoms with Gasteiger partial charge in [-0.25, -0.2) is 0 Å². The number of carbonyl (C=O) groups is 1. The van der Waals surface area contributed by atoms with E-state index in [-0.39, 0.29) is 30.1 Å². The Morgan fingerprint density at radius 1 is 1.14 bits per heavy atom. The zero-order valence-corrected chi connectivity index (χ0v) is 12.6. The molecule has 0 aliphatic heterocycles. The summed E-state index contributed by atoms with van der Waals surface area (Å²) in [6.45, 7) is 1.70. The zero-order valence-electron chi connectivity index (χ0n) is 12.6. The van der Waals surface area contributed by atoms with Crippen LogP contribution in [0.5, 0.6) is 17.2 Å². The van der Waals surface area contributed by atoms with E-state index in [0.717, 1.165) is 11.3 Å². The predicted molar refractivity (Wildman–Crippen MR) is 83.2 cm³/mol. The van der Waals surface area contributed by atoms with E-state index in [2.05, 4.69) is 5.32 Å². The minimum absolute atomic E-state index is 0.00748. The first-order valence-corrected chi connectivity index (χ1v) is 6.95. The molecule has 2 rings (SSSR count). The van der Waals surface area contributed by atoms with Gasteiger partial charge in [0.2, 0.25) is 0 Å². The molecule has 0 aliphatic carbocycles. The Hall–Kier alpha value is -2.69. The molecule has 2 aromatic carbocycles. The Morgan fingerprint density at radius 3 is 2.45 bits per heavy atom. The van der Waals surface area contributed by atoms with Crippen molar-refractivity contribution >= 4 is 5.91 Å². The van der Waals surface area contributed by atoms with Crippen molar-refractivity contribution in [1.29, 1.82) is 0 Å². The minimum Gasteiger partial charge on any atom is -0.504 e. The fourth-order valence-corrected chi connectivity index (χ4v) is 2.11. The first-order valence-electron chi connectivity index (χ1n) is 6.95. The molecule has 0 saturated carbocycles. The zero-order chi connectivity index (χ0) is 15.9. The monoisotopic (exact) mass is 301 g/mol. The fourth-order valence-electron chi connectivity index (χ4n) is 2.11. The van der Waals surface area contributed by atoms with Crippen molar-refractivity contribution in [2.24, 2.45) is 0 Å². The molecular weight excluding hydrogens is 282 g/mol. The molecule has 2 aromatic rings. The summed E-state index contributed by atoms with van der Waals surface area (Å²) in [5.41, 5.74) is 0.890. The van der Waals surface area contributed by atoms with E-state index in [9.17, 15) is 9.90 Å². The molecule has 0 heterocycles.